The van der Waals surface area contributed by atoms with Gasteiger partial charge in [-0.3, -0.25) is 0 Å². The summed E-state index contributed by atoms with van der Waals surface area (Å²) in [6, 6.07) is 0. The first kappa shape index (κ1) is 11.2. The molecule has 0 saturated heterocycles. The van der Waals surface area contributed by atoms with Crippen molar-refractivity contribution in [2.45, 2.75) is 27.4 Å². The zero-order chi connectivity index (χ0) is 9.41. The minimum Gasteiger partial charge on any atom is -0.103 e. The topological polar surface area (TPSA) is 0 Å². The summed E-state index contributed by atoms with van der Waals surface area (Å²) < 4.78 is -1.09. The van der Waals surface area contributed by atoms with Crippen LogP contribution in [0.1, 0.15) is 19.3 Å². The first-order chi connectivity index (χ1) is 5.37. The number of halogens is 4. The van der Waals surface area contributed by atoms with Crippen molar-refractivity contribution in [1.29, 1.82) is 0 Å². The van der Waals surface area contributed by atoms with Gasteiger partial charge in [-0.1, -0.05) is 56.8 Å². The minimum absolute atomic E-state index is 0.0481. The Kier molecular flexibility index (Phi) is 3.43. The second-order valence-electron chi connectivity index (χ2n) is 3.25. The van der Waals surface area contributed by atoms with Crippen LogP contribution in [0.5, 0.6) is 0 Å². The largest absolute Gasteiger partial charge is 0.191 e. The quantitative estimate of drug-likeness (QED) is 0.531. The molecule has 0 nitrogen and oxygen atoms in total. The zero-order valence-corrected chi connectivity index (χ0v) is 10.3. The van der Waals surface area contributed by atoms with Gasteiger partial charge in [0.05, 0.1) is 0 Å². The lowest BCUT2D eigenvalue weighted by atomic mass is 10.2. The molecule has 4 heteroatoms. The molecule has 1 aliphatic carbocycles. The van der Waals surface area contributed by atoms with Gasteiger partial charge >= 0.3 is 0 Å². The van der Waals surface area contributed by atoms with Gasteiger partial charge < -0.3 is 0 Å². The van der Waals surface area contributed by atoms with E-state index in [-0.39, 0.29) is 4.32 Å². The third-order valence-electron chi connectivity index (χ3n) is 2.10. The molecular formula is C8H10BrCl3. The van der Waals surface area contributed by atoms with E-state index in [0.29, 0.717) is 12.3 Å². The van der Waals surface area contributed by atoms with Crippen LogP contribution in [-0.4, -0.2) is 8.12 Å². The van der Waals surface area contributed by atoms with Gasteiger partial charge in [0.25, 0.3) is 0 Å². The summed E-state index contributed by atoms with van der Waals surface area (Å²) in [6.45, 7) is 3.68. The van der Waals surface area contributed by atoms with Gasteiger partial charge in [0.1, 0.15) is 0 Å². The second kappa shape index (κ2) is 3.68. The van der Waals surface area contributed by atoms with Gasteiger partial charge in [0.15, 0.2) is 3.79 Å². The molecule has 0 amide bonds. The summed E-state index contributed by atoms with van der Waals surface area (Å²) >= 11 is 20.7. The van der Waals surface area contributed by atoms with Gasteiger partial charge in [-0.05, 0) is 18.8 Å². The molecule has 70 valence electrons. The predicted octanol–water partition coefficient (Wildman–Crippen LogP) is 4.48. The average Bonchev–Trinajstić information content (AvgIpc) is 2.37. The number of hydrogen-bond donors (Lipinski definition) is 0. The highest BCUT2D eigenvalue weighted by molar-refractivity contribution is 9.10. The fraction of sp³-hybridized carbons (Fsp3) is 0.750. The Bertz CT molecular complexity index is 187. The van der Waals surface area contributed by atoms with Gasteiger partial charge in [-0.2, -0.15) is 0 Å². The molecule has 1 aliphatic rings. The van der Waals surface area contributed by atoms with Crippen LogP contribution in [0.3, 0.4) is 0 Å². The van der Waals surface area contributed by atoms with Crippen LogP contribution in [0.2, 0.25) is 0 Å². The molecule has 1 saturated carbocycles. The summed E-state index contributed by atoms with van der Waals surface area (Å²) in [6.07, 6.45) is 4.55. The maximum absolute atomic E-state index is 5.70. The normalized spacial score (nSPS) is 34.8. The molecule has 0 bridgehead atoms. The van der Waals surface area contributed by atoms with E-state index in [1.807, 2.05) is 6.08 Å². The van der Waals surface area contributed by atoms with Crippen molar-refractivity contribution in [3.8, 4) is 0 Å². The minimum atomic E-state index is -1.14. The first-order valence-corrected chi connectivity index (χ1v) is 5.67. The SMILES string of the molecule is C=CCC1CC1(Br)CC(Cl)(Cl)Cl. The summed E-state index contributed by atoms with van der Waals surface area (Å²) in [5.41, 5.74) is 0. The van der Waals surface area contributed by atoms with Crippen molar-refractivity contribution < 1.29 is 0 Å². The Labute approximate surface area is 96.4 Å². The van der Waals surface area contributed by atoms with Crippen molar-refractivity contribution in [3.05, 3.63) is 12.7 Å². The van der Waals surface area contributed by atoms with Gasteiger partial charge in [-0.25, -0.2) is 0 Å². The molecule has 0 aromatic heterocycles. The Morgan fingerprint density at radius 1 is 1.58 bits per heavy atom. The number of allylic oxidation sites excluding steroid dienone is 1. The molecule has 0 spiro atoms. The van der Waals surface area contributed by atoms with Gasteiger partial charge in [-0.15, -0.1) is 6.58 Å². The Morgan fingerprint density at radius 2 is 2.17 bits per heavy atom. The lowest BCUT2D eigenvalue weighted by Crippen LogP contribution is -2.14. The Hall–Kier alpha value is 1.09. The van der Waals surface area contributed by atoms with Gasteiger partial charge in [0, 0.05) is 10.7 Å². The maximum Gasteiger partial charge on any atom is 0.191 e. The van der Waals surface area contributed by atoms with Crippen LogP contribution in [-0.2, 0) is 0 Å². The Morgan fingerprint density at radius 3 is 2.58 bits per heavy atom. The fourth-order valence-electron chi connectivity index (χ4n) is 1.40. The van der Waals surface area contributed by atoms with E-state index in [4.69, 9.17) is 34.8 Å². The molecule has 0 heterocycles. The van der Waals surface area contributed by atoms with Crippen molar-refractivity contribution in [2.24, 2.45) is 5.92 Å². The molecule has 0 aliphatic heterocycles. The molecule has 12 heavy (non-hydrogen) atoms. The van der Waals surface area contributed by atoms with Crippen LogP contribution in [0, 0.1) is 5.92 Å². The van der Waals surface area contributed by atoms with E-state index in [2.05, 4.69) is 22.5 Å². The maximum atomic E-state index is 5.70. The summed E-state index contributed by atoms with van der Waals surface area (Å²) in [4.78, 5) is 0. The number of rotatable bonds is 3. The van der Waals surface area contributed by atoms with E-state index < -0.39 is 3.79 Å². The highest BCUT2D eigenvalue weighted by atomic mass is 79.9. The molecule has 0 N–H and O–H groups in total. The lowest BCUT2D eigenvalue weighted by molar-refractivity contribution is 0.712. The van der Waals surface area contributed by atoms with Crippen molar-refractivity contribution in [1.82, 2.24) is 0 Å². The second-order valence-corrected chi connectivity index (χ2v) is 7.35. The molecule has 2 unspecified atom stereocenters. The van der Waals surface area contributed by atoms with Crippen LogP contribution >= 0.6 is 50.7 Å². The smallest absolute Gasteiger partial charge is 0.103 e. The zero-order valence-electron chi connectivity index (χ0n) is 6.49. The standard InChI is InChI=1S/C8H10BrCl3/c1-2-3-6-4-7(6,9)5-8(10,11)12/h2,6H,1,3-5H2. The van der Waals surface area contributed by atoms with E-state index in [0.717, 1.165) is 12.8 Å². The lowest BCUT2D eigenvalue weighted by Gasteiger charge is -2.15. The van der Waals surface area contributed by atoms with Crippen molar-refractivity contribution in [2.75, 3.05) is 0 Å². The van der Waals surface area contributed by atoms with Crippen molar-refractivity contribution >= 4 is 50.7 Å². The summed E-state index contributed by atoms with van der Waals surface area (Å²) in [5.74, 6) is 0.589. The highest BCUT2D eigenvalue weighted by Crippen LogP contribution is 2.59. The van der Waals surface area contributed by atoms with E-state index in [9.17, 15) is 0 Å². The number of hydrogen-bond acceptors (Lipinski definition) is 0. The third-order valence-corrected chi connectivity index (χ3v) is 3.76. The fourth-order valence-corrected chi connectivity index (χ4v) is 3.59. The summed E-state index contributed by atoms with van der Waals surface area (Å²) in [7, 11) is 0. The molecule has 1 fully saturated rings. The Balaban J connectivity index is 2.40. The van der Waals surface area contributed by atoms with Crippen LogP contribution in [0.4, 0.5) is 0 Å². The molecule has 1 rings (SSSR count). The molecule has 0 aromatic carbocycles. The van der Waals surface area contributed by atoms with Crippen LogP contribution in [0.15, 0.2) is 12.7 Å². The van der Waals surface area contributed by atoms with Gasteiger partial charge in [0.2, 0.25) is 0 Å². The third kappa shape index (κ3) is 3.10. The molecule has 0 radical (unpaired) electrons. The highest BCUT2D eigenvalue weighted by Gasteiger charge is 2.54. The predicted molar refractivity (Wildman–Crippen MR) is 59.5 cm³/mol. The number of alkyl halides is 4. The molecule has 2 atom stereocenters. The van der Waals surface area contributed by atoms with E-state index in [1.165, 1.54) is 0 Å². The van der Waals surface area contributed by atoms with E-state index in [1.54, 1.807) is 0 Å². The first-order valence-electron chi connectivity index (χ1n) is 3.74. The summed E-state index contributed by atoms with van der Waals surface area (Å²) in [5, 5.41) is 0. The van der Waals surface area contributed by atoms with Crippen molar-refractivity contribution in [3.63, 3.8) is 0 Å². The monoisotopic (exact) mass is 290 g/mol. The molecule has 0 aromatic rings. The average molecular weight is 292 g/mol. The van der Waals surface area contributed by atoms with Crippen LogP contribution in [0.25, 0.3) is 0 Å². The van der Waals surface area contributed by atoms with E-state index >= 15 is 0 Å². The van der Waals surface area contributed by atoms with Crippen LogP contribution < -0.4 is 0 Å². The molecular weight excluding hydrogens is 282 g/mol.